The van der Waals surface area contributed by atoms with E-state index in [-0.39, 0.29) is 11.5 Å². The standard InChI is InChI=1S/C24H17BrO5/c1-14-20(30-24(27)16-4-3-5-18(13-16)28-2)11-10-19-22(26)21(29-23(14)19)12-15-6-8-17(25)9-7-15/h3-13H,1-2H3/b21-12-. The van der Waals surface area contributed by atoms with Crippen molar-refractivity contribution < 1.29 is 23.8 Å². The number of hydrogen-bond donors (Lipinski definition) is 0. The fourth-order valence-electron chi connectivity index (χ4n) is 3.10. The highest BCUT2D eigenvalue weighted by Crippen LogP contribution is 2.39. The Labute approximate surface area is 182 Å². The molecule has 3 aromatic carbocycles. The second kappa shape index (κ2) is 8.16. The maximum absolute atomic E-state index is 12.7. The zero-order chi connectivity index (χ0) is 21.3. The largest absolute Gasteiger partial charge is 0.497 e. The van der Waals surface area contributed by atoms with Gasteiger partial charge in [-0.2, -0.15) is 0 Å². The van der Waals surface area contributed by atoms with Crippen molar-refractivity contribution in [3.05, 3.63) is 93.1 Å². The molecular weight excluding hydrogens is 448 g/mol. The lowest BCUT2D eigenvalue weighted by Gasteiger charge is -2.10. The van der Waals surface area contributed by atoms with E-state index in [1.54, 1.807) is 49.4 Å². The van der Waals surface area contributed by atoms with E-state index in [1.807, 2.05) is 24.3 Å². The number of benzene rings is 3. The van der Waals surface area contributed by atoms with Crippen LogP contribution in [0.5, 0.6) is 17.2 Å². The first-order valence-electron chi connectivity index (χ1n) is 9.16. The fraction of sp³-hybridized carbons (Fsp3) is 0.0833. The summed E-state index contributed by atoms with van der Waals surface area (Å²) in [5, 5.41) is 0. The summed E-state index contributed by atoms with van der Waals surface area (Å²) in [6.07, 6.45) is 1.69. The number of halogens is 1. The van der Waals surface area contributed by atoms with E-state index in [4.69, 9.17) is 14.2 Å². The summed E-state index contributed by atoms with van der Waals surface area (Å²) in [5.41, 5.74) is 2.23. The molecule has 0 aromatic heterocycles. The first-order chi connectivity index (χ1) is 14.5. The van der Waals surface area contributed by atoms with Crippen molar-refractivity contribution in [1.82, 2.24) is 0 Å². The molecule has 4 rings (SSSR count). The highest BCUT2D eigenvalue weighted by atomic mass is 79.9. The summed E-state index contributed by atoms with van der Waals surface area (Å²) >= 11 is 3.39. The van der Waals surface area contributed by atoms with Gasteiger partial charge >= 0.3 is 5.97 Å². The molecule has 6 heteroatoms. The first kappa shape index (κ1) is 19.9. The van der Waals surface area contributed by atoms with Crippen LogP contribution in [0.2, 0.25) is 0 Å². The molecule has 1 heterocycles. The number of esters is 1. The van der Waals surface area contributed by atoms with Crippen LogP contribution in [0, 0.1) is 6.92 Å². The predicted molar refractivity (Wildman–Crippen MR) is 116 cm³/mol. The van der Waals surface area contributed by atoms with Gasteiger partial charge in [0.15, 0.2) is 5.76 Å². The lowest BCUT2D eigenvalue weighted by molar-refractivity contribution is 0.0732. The molecule has 150 valence electrons. The molecule has 5 nitrogen and oxygen atoms in total. The van der Waals surface area contributed by atoms with Gasteiger partial charge in [0.05, 0.1) is 18.2 Å². The summed E-state index contributed by atoms with van der Waals surface area (Å²) in [6, 6.07) is 17.5. The molecular formula is C24H17BrO5. The van der Waals surface area contributed by atoms with Crippen LogP contribution in [0.15, 0.2) is 70.9 Å². The number of allylic oxidation sites excluding steroid dienone is 1. The molecule has 0 spiro atoms. The molecule has 0 radical (unpaired) electrons. The van der Waals surface area contributed by atoms with E-state index >= 15 is 0 Å². The van der Waals surface area contributed by atoms with Gasteiger partial charge in [0, 0.05) is 10.0 Å². The van der Waals surface area contributed by atoms with Crippen LogP contribution in [0.1, 0.15) is 31.8 Å². The minimum atomic E-state index is -0.521. The van der Waals surface area contributed by atoms with Gasteiger partial charge in [-0.25, -0.2) is 4.79 Å². The zero-order valence-corrected chi connectivity index (χ0v) is 17.9. The maximum atomic E-state index is 12.7. The monoisotopic (exact) mass is 464 g/mol. The summed E-state index contributed by atoms with van der Waals surface area (Å²) in [5.74, 6) is 0.797. The molecule has 0 atom stereocenters. The van der Waals surface area contributed by atoms with E-state index in [9.17, 15) is 9.59 Å². The molecule has 0 amide bonds. The SMILES string of the molecule is COc1cccc(C(=O)Oc2ccc3c(c2C)O/C(=C\c2ccc(Br)cc2)C3=O)c1. The average molecular weight is 465 g/mol. The number of fused-ring (bicyclic) bond motifs is 1. The van der Waals surface area contributed by atoms with Crippen LogP contribution in [-0.2, 0) is 0 Å². The number of Topliss-reactive ketones (excluding diaryl/α,β-unsaturated/α-hetero) is 1. The Hall–Kier alpha value is -3.38. The van der Waals surface area contributed by atoms with Gasteiger partial charge in [-0.05, 0) is 61.0 Å². The molecule has 0 saturated carbocycles. The van der Waals surface area contributed by atoms with E-state index in [2.05, 4.69) is 15.9 Å². The van der Waals surface area contributed by atoms with E-state index in [1.165, 1.54) is 7.11 Å². The van der Waals surface area contributed by atoms with Crippen molar-refractivity contribution in [2.24, 2.45) is 0 Å². The van der Waals surface area contributed by atoms with Gasteiger partial charge in [0.1, 0.15) is 17.2 Å². The molecule has 0 saturated heterocycles. The molecule has 1 aliphatic rings. The first-order valence-corrected chi connectivity index (χ1v) is 9.95. The Morgan fingerprint density at radius 2 is 1.83 bits per heavy atom. The molecule has 0 aliphatic carbocycles. The highest BCUT2D eigenvalue weighted by molar-refractivity contribution is 9.10. The van der Waals surface area contributed by atoms with Crippen LogP contribution in [0.25, 0.3) is 6.08 Å². The number of carbonyl (C=O) groups excluding carboxylic acids is 2. The minimum absolute atomic E-state index is 0.207. The maximum Gasteiger partial charge on any atom is 0.343 e. The zero-order valence-electron chi connectivity index (χ0n) is 16.3. The Bertz CT molecular complexity index is 1180. The average Bonchev–Trinajstić information content (AvgIpc) is 3.08. The number of ketones is 1. The lowest BCUT2D eigenvalue weighted by atomic mass is 10.1. The number of hydrogen-bond acceptors (Lipinski definition) is 5. The quantitative estimate of drug-likeness (QED) is 0.285. The van der Waals surface area contributed by atoms with Gasteiger partial charge in [0.25, 0.3) is 0 Å². The normalized spacial score (nSPS) is 13.7. The summed E-state index contributed by atoms with van der Waals surface area (Å²) in [7, 11) is 1.53. The van der Waals surface area contributed by atoms with E-state index in [0.29, 0.717) is 33.9 Å². The van der Waals surface area contributed by atoms with Crippen LogP contribution >= 0.6 is 15.9 Å². The molecule has 1 aliphatic heterocycles. The third kappa shape index (κ3) is 3.86. The second-order valence-corrected chi connectivity index (χ2v) is 7.59. The van der Waals surface area contributed by atoms with Crippen molar-refractivity contribution in [3.8, 4) is 17.2 Å². The Balaban J connectivity index is 1.60. The van der Waals surface area contributed by atoms with Crippen LogP contribution in [0.4, 0.5) is 0 Å². The van der Waals surface area contributed by atoms with Gasteiger partial charge < -0.3 is 14.2 Å². The van der Waals surface area contributed by atoms with Gasteiger partial charge in [-0.3, -0.25) is 4.79 Å². The number of rotatable bonds is 4. The van der Waals surface area contributed by atoms with Gasteiger partial charge in [-0.1, -0.05) is 34.1 Å². The number of carbonyl (C=O) groups is 2. The van der Waals surface area contributed by atoms with Crippen molar-refractivity contribution in [1.29, 1.82) is 0 Å². The Morgan fingerprint density at radius 3 is 2.57 bits per heavy atom. The van der Waals surface area contributed by atoms with Gasteiger partial charge in [-0.15, -0.1) is 0 Å². The smallest absolute Gasteiger partial charge is 0.343 e. The molecule has 0 unspecified atom stereocenters. The third-order valence-electron chi connectivity index (χ3n) is 4.71. The lowest BCUT2D eigenvalue weighted by Crippen LogP contribution is -2.09. The molecule has 0 N–H and O–H groups in total. The number of methoxy groups -OCH3 is 1. The summed E-state index contributed by atoms with van der Waals surface area (Å²) in [6.45, 7) is 1.75. The summed E-state index contributed by atoms with van der Waals surface area (Å²) < 4.78 is 17.5. The van der Waals surface area contributed by atoms with E-state index < -0.39 is 5.97 Å². The minimum Gasteiger partial charge on any atom is -0.497 e. The molecule has 0 bridgehead atoms. The Morgan fingerprint density at radius 1 is 1.07 bits per heavy atom. The molecule has 0 fully saturated rings. The fourth-order valence-corrected chi connectivity index (χ4v) is 3.36. The predicted octanol–water partition coefficient (Wildman–Crippen LogP) is 5.60. The topological polar surface area (TPSA) is 61.8 Å². The van der Waals surface area contributed by atoms with Crippen molar-refractivity contribution in [3.63, 3.8) is 0 Å². The van der Waals surface area contributed by atoms with Crippen molar-refractivity contribution in [2.75, 3.05) is 7.11 Å². The van der Waals surface area contributed by atoms with Crippen LogP contribution in [-0.4, -0.2) is 18.9 Å². The van der Waals surface area contributed by atoms with Crippen LogP contribution < -0.4 is 14.2 Å². The van der Waals surface area contributed by atoms with Crippen molar-refractivity contribution >= 4 is 33.8 Å². The molecule has 3 aromatic rings. The van der Waals surface area contributed by atoms with Gasteiger partial charge in [0.2, 0.25) is 5.78 Å². The second-order valence-electron chi connectivity index (χ2n) is 6.68. The van der Waals surface area contributed by atoms with E-state index in [0.717, 1.165) is 10.0 Å². The summed E-state index contributed by atoms with van der Waals surface area (Å²) in [4.78, 5) is 25.3. The Kier molecular flexibility index (Phi) is 5.42. The number of ether oxygens (including phenoxy) is 3. The third-order valence-corrected chi connectivity index (χ3v) is 5.24. The molecule has 30 heavy (non-hydrogen) atoms. The van der Waals surface area contributed by atoms with Crippen LogP contribution in [0.3, 0.4) is 0 Å². The highest BCUT2D eigenvalue weighted by Gasteiger charge is 2.30. The van der Waals surface area contributed by atoms with Crippen molar-refractivity contribution in [2.45, 2.75) is 6.92 Å².